The van der Waals surface area contributed by atoms with Crippen LogP contribution in [0.1, 0.15) is 25.3 Å². The summed E-state index contributed by atoms with van der Waals surface area (Å²) in [7, 11) is 0. The van der Waals surface area contributed by atoms with Gasteiger partial charge < -0.3 is 15.0 Å². The second-order valence-electron chi connectivity index (χ2n) is 6.78. The first-order valence-electron chi connectivity index (χ1n) is 9.18. The van der Waals surface area contributed by atoms with Gasteiger partial charge in [0.25, 0.3) is 5.56 Å². The van der Waals surface area contributed by atoms with Crippen LogP contribution in [0.15, 0.2) is 65.6 Å². The van der Waals surface area contributed by atoms with Gasteiger partial charge in [-0.1, -0.05) is 36.4 Å². The number of hydrogen-bond acceptors (Lipinski definition) is 3. The van der Waals surface area contributed by atoms with Crippen LogP contribution in [0.5, 0.6) is 0 Å². The van der Waals surface area contributed by atoms with Gasteiger partial charge in [-0.25, -0.2) is 0 Å². The molecule has 1 atom stereocenters. The van der Waals surface area contributed by atoms with E-state index in [0.717, 1.165) is 12.8 Å². The van der Waals surface area contributed by atoms with Gasteiger partial charge in [0.1, 0.15) is 0 Å². The average molecular weight is 364 g/mol. The Morgan fingerprint density at radius 2 is 1.85 bits per heavy atom. The lowest BCUT2D eigenvalue weighted by Crippen LogP contribution is -2.25. The quantitative estimate of drug-likeness (QED) is 0.675. The molecular formula is C22H24N2O3. The van der Waals surface area contributed by atoms with Crippen molar-refractivity contribution in [3.8, 4) is 0 Å². The molecule has 0 aliphatic carbocycles. The number of pyridine rings is 1. The predicted molar refractivity (Wildman–Crippen MR) is 108 cm³/mol. The molecule has 0 aliphatic heterocycles. The Balaban J connectivity index is 1.70. The molecule has 2 N–H and O–H groups in total. The van der Waals surface area contributed by atoms with E-state index in [0.29, 0.717) is 22.9 Å². The number of anilines is 1. The Hall–Kier alpha value is -2.92. The van der Waals surface area contributed by atoms with Crippen LogP contribution >= 0.6 is 0 Å². The summed E-state index contributed by atoms with van der Waals surface area (Å²) in [6.45, 7) is 1.88. The molecule has 2 aromatic carbocycles. The molecule has 1 heterocycles. The number of nitrogens with zero attached hydrogens (tertiary/aromatic N) is 1. The number of rotatable bonds is 7. The molecule has 1 aromatic heterocycles. The number of nitrogens with one attached hydrogen (secondary N) is 1. The van der Waals surface area contributed by atoms with Crippen LogP contribution in [0, 0.1) is 0 Å². The fourth-order valence-electron chi connectivity index (χ4n) is 3.17. The van der Waals surface area contributed by atoms with E-state index in [-0.39, 0.29) is 18.0 Å². The summed E-state index contributed by atoms with van der Waals surface area (Å²) in [5, 5.41) is 13.7. The topological polar surface area (TPSA) is 71.3 Å². The number of carbonyl (C=O) groups excluding carboxylic acids is 1. The molecule has 1 unspecified atom stereocenters. The fourth-order valence-corrected chi connectivity index (χ4v) is 3.17. The summed E-state index contributed by atoms with van der Waals surface area (Å²) in [6, 6.07) is 17.2. The summed E-state index contributed by atoms with van der Waals surface area (Å²) in [6.07, 6.45) is 3.09. The average Bonchev–Trinajstić information content (AvgIpc) is 2.65. The number of hydrogen-bond donors (Lipinski definition) is 2. The van der Waals surface area contributed by atoms with Crippen molar-refractivity contribution in [2.75, 3.05) is 5.32 Å². The van der Waals surface area contributed by atoms with E-state index in [1.807, 2.05) is 18.2 Å². The third-order valence-electron chi connectivity index (χ3n) is 4.47. The highest BCUT2D eigenvalue weighted by Gasteiger charge is 2.10. The molecule has 0 radical (unpaired) electrons. The number of amides is 1. The maximum atomic E-state index is 12.6. The maximum absolute atomic E-state index is 12.6. The van der Waals surface area contributed by atoms with Crippen molar-refractivity contribution < 1.29 is 9.90 Å². The lowest BCUT2D eigenvalue weighted by atomic mass is 10.1. The predicted octanol–water partition coefficient (Wildman–Crippen LogP) is 3.34. The van der Waals surface area contributed by atoms with Gasteiger partial charge in [-0.3, -0.25) is 9.59 Å². The summed E-state index contributed by atoms with van der Waals surface area (Å²) in [5.41, 5.74) is 1.68. The zero-order valence-electron chi connectivity index (χ0n) is 15.4. The number of fused-ring (bicyclic) bond motifs is 1. The summed E-state index contributed by atoms with van der Waals surface area (Å²) >= 11 is 0. The fraction of sp³-hybridized carbons (Fsp3) is 0.273. The van der Waals surface area contributed by atoms with Gasteiger partial charge in [0, 0.05) is 29.1 Å². The Bertz CT molecular complexity index is 978. The molecule has 0 spiro atoms. The van der Waals surface area contributed by atoms with Gasteiger partial charge in [0.05, 0.1) is 12.6 Å². The standard InChI is InChI=1S/C22H24N2O3/c1-16(25)15-24-14-13-18-19(22(24)27)10-6-11-20(18)23-21(26)12-5-9-17-7-3-2-4-8-17/h2-4,6-8,10-11,13-14,16,25H,5,9,12,15H2,1H3,(H,23,26). The SMILES string of the molecule is CC(O)Cn1ccc2c(NC(=O)CCCc3ccccc3)cccc2c1=O. The van der Waals surface area contributed by atoms with Crippen LogP contribution in [-0.4, -0.2) is 21.7 Å². The smallest absolute Gasteiger partial charge is 0.258 e. The molecule has 140 valence electrons. The van der Waals surface area contributed by atoms with Crippen molar-refractivity contribution in [3.63, 3.8) is 0 Å². The van der Waals surface area contributed by atoms with Crippen LogP contribution in [-0.2, 0) is 17.8 Å². The van der Waals surface area contributed by atoms with Gasteiger partial charge in [-0.05, 0) is 43.5 Å². The van der Waals surface area contributed by atoms with E-state index in [4.69, 9.17) is 0 Å². The first kappa shape index (κ1) is 18.9. The molecule has 0 saturated heterocycles. The first-order valence-corrected chi connectivity index (χ1v) is 9.18. The zero-order valence-corrected chi connectivity index (χ0v) is 15.4. The van der Waals surface area contributed by atoms with Crippen molar-refractivity contribution in [1.29, 1.82) is 0 Å². The Morgan fingerprint density at radius 1 is 1.07 bits per heavy atom. The minimum Gasteiger partial charge on any atom is -0.392 e. The molecule has 27 heavy (non-hydrogen) atoms. The van der Waals surface area contributed by atoms with Gasteiger partial charge in [0.15, 0.2) is 0 Å². The number of aliphatic hydroxyl groups is 1. The summed E-state index contributed by atoms with van der Waals surface area (Å²) in [5.74, 6) is -0.0633. The molecule has 0 aliphatic rings. The van der Waals surface area contributed by atoms with Crippen LogP contribution in [0.4, 0.5) is 5.69 Å². The van der Waals surface area contributed by atoms with Gasteiger partial charge in [-0.2, -0.15) is 0 Å². The second-order valence-corrected chi connectivity index (χ2v) is 6.78. The van der Waals surface area contributed by atoms with Gasteiger partial charge in [-0.15, -0.1) is 0 Å². The molecular weight excluding hydrogens is 340 g/mol. The van der Waals surface area contributed by atoms with E-state index >= 15 is 0 Å². The Labute approximate surface area is 158 Å². The minimum absolute atomic E-state index is 0.0633. The van der Waals surface area contributed by atoms with Crippen LogP contribution in [0.2, 0.25) is 0 Å². The third-order valence-corrected chi connectivity index (χ3v) is 4.47. The largest absolute Gasteiger partial charge is 0.392 e. The first-order chi connectivity index (χ1) is 13.0. The number of carbonyl (C=O) groups is 1. The van der Waals surface area contributed by atoms with Crippen molar-refractivity contribution in [3.05, 3.63) is 76.7 Å². The molecule has 1 amide bonds. The van der Waals surface area contributed by atoms with Crippen LogP contribution < -0.4 is 10.9 Å². The lowest BCUT2D eigenvalue weighted by molar-refractivity contribution is -0.116. The molecule has 0 saturated carbocycles. The number of benzene rings is 2. The van der Waals surface area contributed by atoms with E-state index in [2.05, 4.69) is 17.4 Å². The van der Waals surface area contributed by atoms with Gasteiger partial charge >= 0.3 is 0 Å². The highest BCUT2D eigenvalue weighted by Crippen LogP contribution is 2.21. The molecule has 0 fully saturated rings. The molecule has 5 nitrogen and oxygen atoms in total. The molecule has 0 bridgehead atoms. The van der Waals surface area contributed by atoms with E-state index in [9.17, 15) is 14.7 Å². The van der Waals surface area contributed by atoms with Crippen molar-refractivity contribution >= 4 is 22.4 Å². The van der Waals surface area contributed by atoms with E-state index in [1.54, 1.807) is 37.4 Å². The van der Waals surface area contributed by atoms with Crippen LogP contribution in [0.3, 0.4) is 0 Å². The minimum atomic E-state index is -0.604. The Morgan fingerprint density at radius 3 is 2.59 bits per heavy atom. The highest BCUT2D eigenvalue weighted by molar-refractivity contribution is 6.01. The van der Waals surface area contributed by atoms with Gasteiger partial charge in [0.2, 0.25) is 5.91 Å². The van der Waals surface area contributed by atoms with Crippen molar-refractivity contribution in [2.45, 2.75) is 38.8 Å². The van der Waals surface area contributed by atoms with E-state index < -0.39 is 6.10 Å². The van der Waals surface area contributed by atoms with E-state index in [1.165, 1.54) is 10.1 Å². The zero-order chi connectivity index (χ0) is 19.2. The van der Waals surface area contributed by atoms with Crippen LogP contribution in [0.25, 0.3) is 10.8 Å². The highest BCUT2D eigenvalue weighted by atomic mass is 16.3. The van der Waals surface area contributed by atoms with Crippen molar-refractivity contribution in [2.24, 2.45) is 0 Å². The normalized spacial score (nSPS) is 12.1. The number of aryl methyl sites for hydroxylation is 1. The maximum Gasteiger partial charge on any atom is 0.258 e. The Kier molecular flexibility index (Phi) is 6.04. The summed E-state index contributed by atoms with van der Waals surface area (Å²) < 4.78 is 1.48. The third kappa shape index (κ3) is 4.83. The van der Waals surface area contributed by atoms with Crippen molar-refractivity contribution in [1.82, 2.24) is 4.57 Å². The second kappa shape index (κ2) is 8.64. The monoisotopic (exact) mass is 364 g/mol. The number of aliphatic hydroxyl groups excluding tert-OH is 1. The lowest BCUT2D eigenvalue weighted by Gasteiger charge is -2.12. The molecule has 5 heteroatoms. The summed E-state index contributed by atoms with van der Waals surface area (Å²) in [4.78, 5) is 24.9. The molecule has 3 aromatic rings. The molecule has 3 rings (SSSR count). The number of aromatic nitrogens is 1.